The predicted octanol–water partition coefficient (Wildman–Crippen LogP) is 2.78. The Morgan fingerprint density at radius 2 is 1.86 bits per heavy atom. The summed E-state index contributed by atoms with van der Waals surface area (Å²) in [5.41, 5.74) is 1.20. The van der Waals surface area contributed by atoms with Crippen LogP contribution in [0.4, 0.5) is 26.2 Å². The lowest BCUT2D eigenvalue weighted by Crippen LogP contribution is -2.21. The number of benzene rings is 1. The molecule has 7 heteroatoms. The number of aromatic nitrogens is 2. The van der Waals surface area contributed by atoms with Crippen LogP contribution in [0.2, 0.25) is 0 Å². The van der Waals surface area contributed by atoms with Crippen molar-refractivity contribution >= 4 is 17.5 Å². The molecular formula is C15H19F2N5. The Kier molecular flexibility index (Phi) is 5.21. The molecule has 1 aromatic heterocycles. The molecule has 22 heavy (non-hydrogen) atoms. The predicted molar refractivity (Wildman–Crippen MR) is 83.5 cm³/mol. The topological polar surface area (TPSA) is 53.1 Å². The van der Waals surface area contributed by atoms with Crippen LogP contribution in [0.25, 0.3) is 0 Å². The molecule has 2 N–H and O–H groups in total. The molecular weight excluding hydrogens is 288 g/mol. The van der Waals surface area contributed by atoms with E-state index in [1.807, 2.05) is 25.9 Å². The summed E-state index contributed by atoms with van der Waals surface area (Å²) in [5.74, 6) is -0.770. The molecule has 0 aliphatic rings. The quantitative estimate of drug-likeness (QED) is 0.859. The van der Waals surface area contributed by atoms with Crippen LogP contribution in [0.15, 0.2) is 24.3 Å². The van der Waals surface area contributed by atoms with Crippen LogP contribution >= 0.6 is 0 Å². The molecule has 5 nitrogen and oxygen atoms in total. The van der Waals surface area contributed by atoms with Crippen molar-refractivity contribution in [3.63, 3.8) is 0 Å². The first kappa shape index (κ1) is 16.1. The molecule has 1 aromatic carbocycles. The van der Waals surface area contributed by atoms with Crippen LogP contribution in [-0.2, 0) is 0 Å². The maximum absolute atomic E-state index is 13.2. The van der Waals surface area contributed by atoms with Gasteiger partial charge in [0.2, 0.25) is 5.95 Å². The number of rotatable bonds is 6. The molecule has 0 saturated carbocycles. The van der Waals surface area contributed by atoms with Crippen molar-refractivity contribution < 1.29 is 8.78 Å². The zero-order chi connectivity index (χ0) is 16.1. The van der Waals surface area contributed by atoms with Crippen molar-refractivity contribution in [2.75, 3.05) is 37.8 Å². The molecule has 0 fully saturated rings. The van der Waals surface area contributed by atoms with E-state index in [-0.39, 0.29) is 0 Å². The summed E-state index contributed by atoms with van der Waals surface area (Å²) in [6.45, 7) is 3.40. The van der Waals surface area contributed by atoms with Crippen molar-refractivity contribution in [2.45, 2.75) is 6.92 Å². The monoisotopic (exact) mass is 307 g/mol. The van der Waals surface area contributed by atoms with Crippen molar-refractivity contribution in [1.82, 2.24) is 14.9 Å². The standard InChI is InChI=1S/C15H19F2N5/c1-10-8-14(20-11-4-5-12(16)13(17)9-11)21-15(19-10)18-6-7-22(2)3/h4-5,8-9H,6-7H2,1-3H3,(H2,18,19,20,21). The smallest absolute Gasteiger partial charge is 0.224 e. The van der Waals surface area contributed by atoms with Crippen molar-refractivity contribution in [3.05, 3.63) is 41.6 Å². The molecule has 0 spiro atoms. The summed E-state index contributed by atoms with van der Waals surface area (Å²) in [6.07, 6.45) is 0. The van der Waals surface area contributed by atoms with Gasteiger partial charge in [-0.1, -0.05) is 0 Å². The number of hydrogen-bond donors (Lipinski definition) is 2. The molecule has 0 amide bonds. The molecule has 0 radical (unpaired) electrons. The van der Waals surface area contributed by atoms with E-state index in [1.165, 1.54) is 6.07 Å². The maximum Gasteiger partial charge on any atom is 0.224 e. The minimum absolute atomic E-state index is 0.427. The average molecular weight is 307 g/mol. The van der Waals surface area contributed by atoms with E-state index >= 15 is 0 Å². The Bertz CT molecular complexity index is 646. The largest absolute Gasteiger partial charge is 0.353 e. The van der Waals surface area contributed by atoms with Gasteiger partial charge in [-0.3, -0.25) is 0 Å². The lowest BCUT2D eigenvalue weighted by molar-refractivity contribution is 0.425. The average Bonchev–Trinajstić information content (AvgIpc) is 2.42. The number of halogens is 2. The van der Waals surface area contributed by atoms with Crippen LogP contribution in [0, 0.1) is 18.6 Å². The summed E-state index contributed by atoms with van der Waals surface area (Å²) in [4.78, 5) is 10.6. The number of anilines is 3. The van der Waals surface area contributed by atoms with Crippen LogP contribution in [0.3, 0.4) is 0 Å². The Morgan fingerprint density at radius 1 is 1.09 bits per heavy atom. The molecule has 0 bridgehead atoms. The van der Waals surface area contributed by atoms with Gasteiger partial charge in [0.25, 0.3) is 0 Å². The lowest BCUT2D eigenvalue weighted by Gasteiger charge is -2.12. The molecule has 1 heterocycles. The minimum Gasteiger partial charge on any atom is -0.353 e. The normalized spacial score (nSPS) is 10.8. The van der Waals surface area contributed by atoms with Gasteiger partial charge in [-0.15, -0.1) is 0 Å². The van der Waals surface area contributed by atoms with E-state index in [0.29, 0.717) is 24.0 Å². The maximum atomic E-state index is 13.2. The van der Waals surface area contributed by atoms with Gasteiger partial charge in [-0.2, -0.15) is 4.98 Å². The van der Waals surface area contributed by atoms with Crippen molar-refractivity contribution in [1.29, 1.82) is 0 Å². The van der Waals surface area contributed by atoms with E-state index < -0.39 is 11.6 Å². The second-order valence-electron chi connectivity index (χ2n) is 5.20. The summed E-state index contributed by atoms with van der Waals surface area (Å²) in [7, 11) is 3.96. The van der Waals surface area contributed by atoms with Crippen LogP contribution in [0.1, 0.15) is 5.69 Å². The first-order valence-corrected chi connectivity index (χ1v) is 6.90. The van der Waals surface area contributed by atoms with E-state index in [4.69, 9.17) is 0 Å². The number of nitrogens with one attached hydrogen (secondary N) is 2. The molecule has 0 atom stereocenters. The number of hydrogen-bond acceptors (Lipinski definition) is 5. The van der Waals surface area contributed by atoms with Gasteiger partial charge in [0.05, 0.1) is 0 Å². The highest BCUT2D eigenvalue weighted by molar-refractivity contribution is 5.57. The fourth-order valence-electron chi connectivity index (χ4n) is 1.82. The van der Waals surface area contributed by atoms with Gasteiger partial charge < -0.3 is 15.5 Å². The minimum atomic E-state index is -0.903. The van der Waals surface area contributed by atoms with Gasteiger partial charge in [0.1, 0.15) is 5.82 Å². The van der Waals surface area contributed by atoms with Gasteiger partial charge in [0, 0.05) is 36.6 Å². The lowest BCUT2D eigenvalue weighted by atomic mass is 10.3. The first-order chi connectivity index (χ1) is 10.4. The molecule has 0 aliphatic heterocycles. The molecule has 0 aliphatic carbocycles. The summed E-state index contributed by atoms with van der Waals surface area (Å²) in [5, 5.41) is 6.07. The Labute approximate surface area is 128 Å². The Hall–Kier alpha value is -2.28. The zero-order valence-electron chi connectivity index (χ0n) is 12.8. The number of aryl methyl sites for hydroxylation is 1. The Morgan fingerprint density at radius 3 is 2.55 bits per heavy atom. The number of nitrogens with zero attached hydrogens (tertiary/aromatic N) is 3. The Balaban J connectivity index is 2.10. The van der Waals surface area contributed by atoms with Crippen molar-refractivity contribution in [2.24, 2.45) is 0 Å². The highest BCUT2D eigenvalue weighted by Crippen LogP contribution is 2.19. The van der Waals surface area contributed by atoms with E-state index in [2.05, 4.69) is 20.6 Å². The third-order valence-electron chi connectivity index (χ3n) is 2.89. The van der Waals surface area contributed by atoms with Gasteiger partial charge >= 0.3 is 0 Å². The van der Waals surface area contributed by atoms with Gasteiger partial charge in [0.15, 0.2) is 11.6 Å². The zero-order valence-corrected chi connectivity index (χ0v) is 12.8. The van der Waals surface area contributed by atoms with E-state index in [9.17, 15) is 8.78 Å². The van der Waals surface area contributed by atoms with Gasteiger partial charge in [-0.05, 0) is 33.2 Å². The fourth-order valence-corrected chi connectivity index (χ4v) is 1.82. The third-order valence-corrected chi connectivity index (χ3v) is 2.89. The second kappa shape index (κ2) is 7.13. The molecule has 0 saturated heterocycles. The summed E-state index contributed by atoms with van der Waals surface area (Å²) < 4.78 is 26.1. The van der Waals surface area contributed by atoms with Gasteiger partial charge in [-0.25, -0.2) is 13.8 Å². The van der Waals surface area contributed by atoms with E-state index in [1.54, 1.807) is 6.07 Å². The van der Waals surface area contributed by atoms with Crippen LogP contribution in [-0.4, -0.2) is 42.1 Å². The van der Waals surface area contributed by atoms with Crippen molar-refractivity contribution in [3.8, 4) is 0 Å². The highest BCUT2D eigenvalue weighted by Gasteiger charge is 2.06. The summed E-state index contributed by atoms with van der Waals surface area (Å²) in [6, 6.07) is 5.35. The third kappa shape index (κ3) is 4.63. The first-order valence-electron chi connectivity index (χ1n) is 6.90. The second-order valence-corrected chi connectivity index (χ2v) is 5.20. The molecule has 0 unspecified atom stereocenters. The highest BCUT2D eigenvalue weighted by atomic mass is 19.2. The number of likely N-dealkylation sites (N-methyl/N-ethyl adjacent to an activating group) is 1. The van der Waals surface area contributed by atoms with Crippen LogP contribution in [0.5, 0.6) is 0 Å². The molecule has 118 valence electrons. The van der Waals surface area contributed by atoms with Crippen LogP contribution < -0.4 is 10.6 Å². The summed E-state index contributed by atoms with van der Waals surface area (Å²) >= 11 is 0. The molecule has 2 rings (SSSR count). The fraction of sp³-hybridized carbons (Fsp3) is 0.333. The van der Waals surface area contributed by atoms with E-state index in [0.717, 1.165) is 24.4 Å². The SMILES string of the molecule is Cc1cc(Nc2ccc(F)c(F)c2)nc(NCCN(C)C)n1. The molecule has 2 aromatic rings.